The summed E-state index contributed by atoms with van der Waals surface area (Å²) in [6.07, 6.45) is 2.26. The zero-order chi connectivity index (χ0) is 11.6. The minimum absolute atomic E-state index is 0.0505. The Morgan fingerprint density at radius 2 is 1.94 bits per heavy atom. The molecule has 4 heteroatoms. The first-order valence-corrected chi connectivity index (χ1v) is 6.27. The standard InChI is InChI=1S/C12H24N2O2/c1-12(9-13,10-3-5-15-7-10)14(2)11-4-6-16-8-11/h10-11H,3-9,13H2,1-2H3. The maximum atomic E-state index is 6.02. The Kier molecular flexibility index (Phi) is 3.85. The summed E-state index contributed by atoms with van der Waals surface area (Å²) in [6, 6.07) is 0.522. The highest BCUT2D eigenvalue weighted by Crippen LogP contribution is 2.32. The second-order valence-corrected chi connectivity index (χ2v) is 5.25. The molecule has 0 aromatic carbocycles. The van der Waals surface area contributed by atoms with Crippen molar-refractivity contribution in [1.29, 1.82) is 0 Å². The van der Waals surface area contributed by atoms with Crippen LogP contribution in [0.5, 0.6) is 0 Å². The van der Waals surface area contributed by atoms with E-state index < -0.39 is 0 Å². The van der Waals surface area contributed by atoms with Gasteiger partial charge in [-0.2, -0.15) is 0 Å². The lowest BCUT2D eigenvalue weighted by atomic mass is 9.82. The molecule has 2 heterocycles. The molecule has 0 aliphatic carbocycles. The number of hydrogen-bond donors (Lipinski definition) is 1. The first-order chi connectivity index (χ1) is 7.68. The molecule has 94 valence electrons. The fourth-order valence-electron chi connectivity index (χ4n) is 2.87. The van der Waals surface area contributed by atoms with Gasteiger partial charge in [0.2, 0.25) is 0 Å². The average molecular weight is 228 g/mol. The summed E-state index contributed by atoms with van der Waals surface area (Å²) in [7, 11) is 2.19. The van der Waals surface area contributed by atoms with Crippen molar-refractivity contribution < 1.29 is 9.47 Å². The summed E-state index contributed by atoms with van der Waals surface area (Å²) in [5.74, 6) is 0.558. The number of rotatable bonds is 4. The van der Waals surface area contributed by atoms with Crippen molar-refractivity contribution in [2.75, 3.05) is 40.0 Å². The largest absolute Gasteiger partial charge is 0.381 e. The lowest BCUT2D eigenvalue weighted by molar-refractivity contribution is 0.0284. The number of hydrogen-bond acceptors (Lipinski definition) is 4. The van der Waals surface area contributed by atoms with Crippen molar-refractivity contribution in [1.82, 2.24) is 4.90 Å². The Morgan fingerprint density at radius 1 is 1.25 bits per heavy atom. The van der Waals surface area contributed by atoms with E-state index in [1.807, 2.05) is 0 Å². The van der Waals surface area contributed by atoms with E-state index in [0.29, 0.717) is 18.5 Å². The molecule has 0 bridgehead atoms. The number of likely N-dealkylation sites (N-methyl/N-ethyl adjacent to an activating group) is 1. The van der Waals surface area contributed by atoms with E-state index in [4.69, 9.17) is 15.2 Å². The van der Waals surface area contributed by atoms with Crippen molar-refractivity contribution in [3.63, 3.8) is 0 Å². The maximum absolute atomic E-state index is 6.02. The van der Waals surface area contributed by atoms with Gasteiger partial charge in [0.15, 0.2) is 0 Å². The molecule has 2 rings (SSSR count). The van der Waals surface area contributed by atoms with Gasteiger partial charge in [-0.05, 0) is 26.8 Å². The van der Waals surface area contributed by atoms with Gasteiger partial charge < -0.3 is 15.2 Å². The molecule has 3 atom stereocenters. The van der Waals surface area contributed by atoms with Crippen LogP contribution in [0.1, 0.15) is 19.8 Å². The van der Waals surface area contributed by atoms with Gasteiger partial charge in [-0.25, -0.2) is 0 Å². The van der Waals surface area contributed by atoms with E-state index >= 15 is 0 Å². The van der Waals surface area contributed by atoms with Crippen molar-refractivity contribution in [2.24, 2.45) is 11.7 Å². The van der Waals surface area contributed by atoms with Gasteiger partial charge in [0.1, 0.15) is 0 Å². The lowest BCUT2D eigenvalue weighted by Crippen LogP contribution is -2.58. The van der Waals surface area contributed by atoms with Gasteiger partial charge in [0.05, 0.1) is 13.2 Å². The smallest absolute Gasteiger partial charge is 0.0622 e. The van der Waals surface area contributed by atoms with Crippen LogP contribution in [-0.2, 0) is 9.47 Å². The van der Waals surface area contributed by atoms with Crippen molar-refractivity contribution in [3.05, 3.63) is 0 Å². The van der Waals surface area contributed by atoms with E-state index in [1.54, 1.807) is 0 Å². The van der Waals surface area contributed by atoms with Crippen molar-refractivity contribution in [3.8, 4) is 0 Å². The topological polar surface area (TPSA) is 47.7 Å². The number of nitrogens with two attached hydrogens (primary N) is 1. The van der Waals surface area contributed by atoms with E-state index in [-0.39, 0.29) is 5.54 Å². The van der Waals surface area contributed by atoms with Gasteiger partial charge in [0, 0.05) is 37.3 Å². The molecule has 2 fully saturated rings. The molecule has 0 amide bonds. The SMILES string of the molecule is CN(C1CCOC1)C(C)(CN)C1CCOC1. The third-order valence-corrected chi connectivity index (χ3v) is 4.48. The number of ether oxygens (including phenoxy) is 2. The molecule has 2 N–H and O–H groups in total. The summed E-state index contributed by atoms with van der Waals surface area (Å²) in [5, 5.41) is 0. The van der Waals surface area contributed by atoms with Crippen LogP contribution >= 0.6 is 0 Å². The molecular formula is C12H24N2O2. The van der Waals surface area contributed by atoms with Crippen LogP contribution in [0.4, 0.5) is 0 Å². The second kappa shape index (κ2) is 5.00. The van der Waals surface area contributed by atoms with Crippen LogP contribution in [0.25, 0.3) is 0 Å². The summed E-state index contributed by atoms with van der Waals surface area (Å²) < 4.78 is 11.0. The minimum atomic E-state index is 0.0505. The molecule has 0 aromatic heterocycles. The average Bonchev–Trinajstić information content (AvgIpc) is 2.98. The van der Waals surface area contributed by atoms with E-state index in [2.05, 4.69) is 18.9 Å². The van der Waals surface area contributed by atoms with Gasteiger partial charge in [0.25, 0.3) is 0 Å². The Morgan fingerprint density at radius 3 is 2.44 bits per heavy atom. The zero-order valence-corrected chi connectivity index (χ0v) is 10.4. The zero-order valence-electron chi connectivity index (χ0n) is 10.4. The van der Waals surface area contributed by atoms with Gasteiger partial charge in [-0.1, -0.05) is 0 Å². The highest BCUT2D eigenvalue weighted by molar-refractivity contribution is 4.97. The van der Waals surface area contributed by atoms with E-state index in [9.17, 15) is 0 Å². The van der Waals surface area contributed by atoms with Gasteiger partial charge >= 0.3 is 0 Å². The Hall–Kier alpha value is -0.160. The van der Waals surface area contributed by atoms with Gasteiger partial charge in [-0.15, -0.1) is 0 Å². The third-order valence-electron chi connectivity index (χ3n) is 4.48. The monoisotopic (exact) mass is 228 g/mol. The van der Waals surface area contributed by atoms with Gasteiger partial charge in [-0.3, -0.25) is 4.90 Å². The molecule has 0 spiro atoms. The third kappa shape index (κ3) is 2.12. The van der Waals surface area contributed by atoms with Crippen LogP contribution in [0.3, 0.4) is 0 Å². The summed E-state index contributed by atoms with van der Waals surface area (Å²) in [4.78, 5) is 2.43. The van der Waals surface area contributed by atoms with Crippen molar-refractivity contribution >= 4 is 0 Å². The lowest BCUT2D eigenvalue weighted by Gasteiger charge is -2.45. The van der Waals surface area contributed by atoms with Crippen LogP contribution in [0, 0.1) is 5.92 Å². The highest BCUT2D eigenvalue weighted by Gasteiger charge is 2.42. The molecule has 4 nitrogen and oxygen atoms in total. The molecule has 2 aliphatic rings. The molecule has 0 radical (unpaired) electrons. The highest BCUT2D eigenvalue weighted by atomic mass is 16.5. The molecule has 0 saturated carbocycles. The molecule has 16 heavy (non-hydrogen) atoms. The molecule has 2 saturated heterocycles. The fourth-order valence-corrected chi connectivity index (χ4v) is 2.87. The normalized spacial score (nSPS) is 34.5. The summed E-state index contributed by atoms with van der Waals surface area (Å²) >= 11 is 0. The Labute approximate surface area is 98.1 Å². The van der Waals surface area contributed by atoms with Crippen LogP contribution < -0.4 is 5.73 Å². The first-order valence-electron chi connectivity index (χ1n) is 6.27. The Bertz CT molecular complexity index is 225. The Balaban J connectivity index is 2.05. The fraction of sp³-hybridized carbons (Fsp3) is 1.00. The van der Waals surface area contributed by atoms with E-state index in [0.717, 1.165) is 39.3 Å². The van der Waals surface area contributed by atoms with Crippen LogP contribution in [0.15, 0.2) is 0 Å². The minimum Gasteiger partial charge on any atom is -0.381 e. The maximum Gasteiger partial charge on any atom is 0.0622 e. The summed E-state index contributed by atoms with van der Waals surface area (Å²) in [6.45, 7) is 6.43. The molecular weight excluding hydrogens is 204 g/mol. The van der Waals surface area contributed by atoms with E-state index in [1.165, 1.54) is 0 Å². The molecule has 3 unspecified atom stereocenters. The quantitative estimate of drug-likeness (QED) is 0.759. The molecule has 2 aliphatic heterocycles. The second-order valence-electron chi connectivity index (χ2n) is 5.25. The predicted molar refractivity (Wildman–Crippen MR) is 63.4 cm³/mol. The van der Waals surface area contributed by atoms with Crippen LogP contribution in [0.2, 0.25) is 0 Å². The van der Waals surface area contributed by atoms with Crippen molar-refractivity contribution in [2.45, 2.75) is 31.3 Å². The van der Waals surface area contributed by atoms with Crippen LogP contribution in [-0.4, -0.2) is 56.5 Å². The summed E-state index contributed by atoms with van der Waals surface area (Å²) in [5.41, 5.74) is 6.07. The molecule has 0 aromatic rings. The number of nitrogens with zero attached hydrogens (tertiary/aromatic N) is 1. The first kappa shape index (κ1) is 12.3. The predicted octanol–water partition coefficient (Wildman–Crippen LogP) is 0.461.